The van der Waals surface area contributed by atoms with Crippen molar-refractivity contribution in [1.82, 2.24) is 16.0 Å². The number of carbonyl (C=O) groups is 2. The number of fused-ring (bicyclic) bond motifs is 1. The number of hydrogen-bond acceptors (Lipinski definition) is 3. The number of urea groups is 1. The van der Waals surface area contributed by atoms with Gasteiger partial charge in [0.15, 0.2) is 0 Å². The highest BCUT2D eigenvalue weighted by atomic mass is 16.3. The van der Waals surface area contributed by atoms with Crippen LogP contribution in [0.15, 0.2) is 41.0 Å². The number of rotatable bonds is 6. The van der Waals surface area contributed by atoms with Gasteiger partial charge in [0, 0.05) is 30.6 Å². The number of nitrogens with one attached hydrogen (secondary N) is 3. The molecule has 3 amide bonds. The maximum Gasteiger partial charge on any atom is 0.315 e. The molecular weight excluding hydrogens is 330 g/mol. The SMILES string of the molecule is CCCNC(=O)c1cccc(CNC(=O)NC2CCCc3occc32)c1. The summed E-state index contributed by atoms with van der Waals surface area (Å²) >= 11 is 0. The summed E-state index contributed by atoms with van der Waals surface area (Å²) in [6.07, 6.45) is 5.41. The van der Waals surface area contributed by atoms with Gasteiger partial charge in [-0.25, -0.2) is 4.79 Å². The molecule has 0 radical (unpaired) electrons. The minimum Gasteiger partial charge on any atom is -0.469 e. The summed E-state index contributed by atoms with van der Waals surface area (Å²) in [6.45, 7) is 3.03. The molecule has 6 heteroatoms. The summed E-state index contributed by atoms with van der Waals surface area (Å²) in [5, 5.41) is 8.73. The largest absolute Gasteiger partial charge is 0.469 e. The maximum atomic E-state index is 12.2. The molecule has 0 bridgehead atoms. The van der Waals surface area contributed by atoms with Crippen molar-refractivity contribution >= 4 is 11.9 Å². The van der Waals surface area contributed by atoms with Gasteiger partial charge in [-0.15, -0.1) is 0 Å². The summed E-state index contributed by atoms with van der Waals surface area (Å²) in [7, 11) is 0. The van der Waals surface area contributed by atoms with Gasteiger partial charge in [0.2, 0.25) is 0 Å². The Labute approximate surface area is 153 Å². The highest BCUT2D eigenvalue weighted by Gasteiger charge is 2.23. The summed E-state index contributed by atoms with van der Waals surface area (Å²) in [4.78, 5) is 24.3. The fourth-order valence-corrected chi connectivity index (χ4v) is 3.19. The molecule has 0 aliphatic heterocycles. The Kier molecular flexibility index (Phi) is 5.94. The van der Waals surface area contributed by atoms with E-state index in [2.05, 4.69) is 16.0 Å². The second-order valence-electron chi connectivity index (χ2n) is 6.53. The van der Waals surface area contributed by atoms with E-state index in [1.807, 2.05) is 25.1 Å². The van der Waals surface area contributed by atoms with Crippen LogP contribution in [0.4, 0.5) is 4.79 Å². The molecule has 1 aromatic carbocycles. The Hall–Kier alpha value is -2.76. The van der Waals surface area contributed by atoms with Gasteiger partial charge in [-0.2, -0.15) is 0 Å². The molecule has 1 heterocycles. The van der Waals surface area contributed by atoms with Crippen molar-refractivity contribution in [1.29, 1.82) is 0 Å². The summed E-state index contributed by atoms with van der Waals surface area (Å²) in [6, 6.07) is 9.00. The molecule has 1 aromatic heterocycles. The zero-order valence-electron chi connectivity index (χ0n) is 15.0. The first-order valence-corrected chi connectivity index (χ1v) is 9.15. The third-order valence-electron chi connectivity index (χ3n) is 4.54. The van der Waals surface area contributed by atoms with Crippen molar-refractivity contribution in [2.75, 3.05) is 6.54 Å². The molecule has 6 nitrogen and oxygen atoms in total. The fourth-order valence-electron chi connectivity index (χ4n) is 3.19. The van der Waals surface area contributed by atoms with E-state index in [4.69, 9.17) is 4.42 Å². The van der Waals surface area contributed by atoms with E-state index in [0.717, 1.165) is 42.6 Å². The molecule has 3 rings (SSSR count). The fraction of sp³-hybridized carbons (Fsp3) is 0.400. The smallest absolute Gasteiger partial charge is 0.315 e. The number of furan rings is 1. The first-order chi connectivity index (χ1) is 12.7. The molecule has 0 saturated heterocycles. The third kappa shape index (κ3) is 4.45. The summed E-state index contributed by atoms with van der Waals surface area (Å²) < 4.78 is 5.45. The number of benzene rings is 1. The first-order valence-electron chi connectivity index (χ1n) is 9.15. The van der Waals surface area contributed by atoms with E-state index in [0.29, 0.717) is 18.7 Å². The number of carbonyl (C=O) groups excluding carboxylic acids is 2. The van der Waals surface area contributed by atoms with Gasteiger partial charge in [-0.05, 0) is 43.0 Å². The molecule has 26 heavy (non-hydrogen) atoms. The maximum absolute atomic E-state index is 12.2. The van der Waals surface area contributed by atoms with Crippen LogP contribution in [0, 0.1) is 0 Å². The highest BCUT2D eigenvalue weighted by molar-refractivity contribution is 5.94. The predicted octanol–water partition coefficient (Wildman–Crippen LogP) is 3.30. The Morgan fingerprint density at radius 1 is 1.23 bits per heavy atom. The van der Waals surface area contributed by atoms with Crippen molar-refractivity contribution in [2.24, 2.45) is 0 Å². The summed E-state index contributed by atoms with van der Waals surface area (Å²) in [5.74, 6) is 0.875. The molecule has 2 aromatic rings. The number of aryl methyl sites for hydroxylation is 1. The average molecular weight is 355 g/mol. The number of hydrogen-bond donors (Lipinski definition) is 3. The first kappa shape index (κ1) is 18.0. The second kappa shape index (κ2) is 8.56. The van der Waals surface area contributed by atoms with Crippen LogP contribution in [-0.2, 0) is 13.0 Å². The molecule has 1 aliphatic carbocycles. The van der Waals surface area contributed by atoms with Crippen molar-refractivity contribution in [3.8, 4) is 0 Å². The Balaban J connectivity index is 1.53. The molecule has 138 valence electrons. The molecule has 1 atom stereocenters. The van der Waals surface area contributed by atoms with E-state index in [1.165, 1.54) is 0 Å². The van der Waals surface area contributed by atoms with E-state index in [9.17, 15) is 9.59 Å². The van der Waals surface area contributed by atoms with Crippen LogP contribution < -0.4 is 16.0 Å². The lowest BCUT2D eigenvalue weighted by atomic mass is 9.93. The lowest BCUT2D eigenvalue weighted by Crippen LogP contribution is -2.38. The van der Waals surface area contributed by atoms with Crippen molar-refractivity contribution in [3.63, 3.8) is 0 Å². The zero-order valence-corrected chi connectivity index (χ0v) is 15.0. The van der Waals surface area contributed by atoms with Crippen LogP contribution in [0.1, 0.15) is 59.5 Å². The molecule has 1 aliphatic rings. The van der Waals surface area contributed by atoms with E-state index in [1.54, 1.807) is 18.4 Å². The normalized spacial score (nSPS) is 15.8. The third-order valence-corrected chi connectivity index (χ3v) is 4.54. The second-order valence-corrected chi connectivity index (χ2v) is 6.53. The van der Waals surface area contributed by atoms with E-state index >= 15 is 0 Å². The quantitative estimate of drug-likeness (QED) is 0.743. The van der Waals surface area contributed by atoms with Crippen LogP contribution in [0.2, 0.25) is 0 Å². The van der Waals surface area contributed by atoms with Crippen molar-refractivity contribution in [2.45, 2.75) is 45.2 Å². The van der Waals surface area contributed by atoms with Gasteiger partial charge in [0.1, 0.15) is 5.76 Å². The van der Waals surface area contributed by atoms with Gasteiger partial charge < -0.3 is 20.4 Å². The van der Waals surface area contributed by atoms with Crippen LogP contribution >= 0.6 is 0 Å². The minimum absolute atomic E-state index is 0.0105. The van der Waals surface area contributed by atoms with Gasteiger partial charge in [0.25, 0.3) is 5.91 Å². The highest BCUT2D eigenvalue weighted by Crippen LogP contribution is 2.30. The van der Waals surface area contributed by atoms with Crippen molar-refractivity contribution in [3.05, 3.63) is 59.0 Å². The van der Waals surface area contributed by atoms with Crippen molar-refractivity contribution < 1.29 is 14.0 Å². The van der Waals surface area contributed by atoms with Crippen LogP contribution in [0.25, 0.3) is 0 Å². The number of amides is 3. The minimum atomic E-state index is -0.218. The molecule has 1 unspecified atom stereocenters. The molecular formula is C20H25N3O3. The van der Waals surface area contributed by atoms with Gasteiger partial charge >= 0.3 is 6.03 Å². The van der Waals surface area contributed by atoms with E-state index in [-0.39, 0.29) is 18.0 Å². The molecule has 3 N–H and O–H groups in total. The predicted molar refractivity (Wildman–Crippen MR) is 98.8 cm³/mol. The van der Waals surface area contributed by atoms with E-state index < -0.39 is 0 Å². The lowest BCUT2D eigenvalue weighted by molar-refractivity contribution is 0.0953. The molecule has 0 spiro atoms. The standard InChI is InChI=1S/C20H25N3O3/c1-2-10-21-19(24)15-6-3-5-14(12-15)13-22-20(25)23-17-7-4-8-18-16(17)9-11-26-18/h3,5-6,9,11-12,17H,2,4,7-8,10,13H2,1H3,(H,21,24)(H2,22,23,25). The monoisotopic (exact) mass is 355 g/mol. The van der Waals surface area contributed by atoms with Crippen LogP contribution in [-0.4, -0.2) is 18.5 Å². The van der Waals surface area contributed by atoms with Crippen LogP contribution in [0.5, 0.6) is 0 Å². The Morgan fingerprint density at radius 3 is 2.96 bits per heavy atom. The van der Waals surface area contributed by atoms with Gasteiger partial charge in [-0.3, -0.25) is 4.79 Å². The molecule has 0 saturated carbocycles. The van der Waals surface area contributed by atoms with Crippen LogP contribution in [0.3, 0.4) is 0 Å². The lowest BCUT2D eigenvalue weighted by Gasteiger charge is -2.22. The van der Waals surface area contributed by atoms with Gasteiger partial charge in [-0.1, -0.05) is 19.1 Å². The van der Waals surface area contributed by atoms with Gasteiger partial charge in [0.05, 0.1) is 12.3 Å². The topological polar surface area (TPSA) is 83.4 Å². The summed E-state index contributed by atoms with van der Waals surface area (Å²) in [5.41, 5.74) is 2.56. The average Bonchev–Trinajstić information content (AvgIpc) is 3.14. The molecule has 0 fully saturated rings. The Bertz CT molecular complexity index is 769. The zero-order chi connectivity index (χ0) is 18.4. The Morgan fingerprint density at radius 2 is 2.12 bits per heavy atom.